The fourth-order valence-electron chi connectivity index (χ4n) is 1.94. The molecule has 3 nitrogen and oxygen atoms in total. The summed E-state index contributed by atoms with van der Waals surface area (Å²) in [5, 5.41) is 0. The van der Waals surface area contributed by atoms with Crippen LogP contribution < -0.4 is 4.90 Å². The highest BCUT2D eigenvalue weighted by molar-refractivity contribution is 5.45. The molecule has 0 N–H and O–H groups in total. The third kappa shape index (κ3) is 2.04. The minimum atomic E-state index is 0.312. The van der Waals surface area contributed by atoms with E-state index in [0.717, 1.165) is 13.1 Å². The Labute approximate surface area is 84.7 Å². The van der Waals surface area contributed by atoms with Gasteiger partial charge >= 0.3 is 0 Å². The molecular weight excluding hydrogens is 176 g/mol. The maximum atomic E-state index is 5.68. The molecule has 1 aromatic rings. The lowest BCUT2D eigenvalue weighted by Gasteiger charge is -2.36. The summed E-state index contributed by atoms with van der Waals surface area (Å²) in [5.41, 5.74) is 1.24. The van der Waals surface area contributed by atoms with E-state index in [-0.39, 0.29) is 0 Å². The minimum Gasteiger partial charge on any atom is -0.372 e. The van der Waals surface area contributed by atoms with E-state index in [1.165, 1.54) is 5.69 Å². The molecule has 0 bridgehead atoms. The van der Waals surface area contributed by atoms with Crippen LogP contribution in [0, 0.1) is 0 Å². The van der Waals surface area contributed by atoms with Gasteiger partial charge in [-0.1, -0.05) is 0 Å². The second-order valence-electron chi connectivity index (χ2n) is 3.87. The number of hydrogen-bond acceptors (Lipinski definition) is 3. The van der Waals surface area contributed by atoms with Gasteiger partial charge in [0.15, 0.2) is 0 Å². The molecule has 0 spiro atoms. The summed E-state index contributed by atoms with van der Waals surface area (Å²) in [4.78, 5) is 6.37. The number of nitrogens with zero attached hydrogens (tertiary/aromatic N) is 2. The Morgan fingerprint density at radius 1 is 1.21 bits per heavy atom. The van der Waals surface area contributed by atoms with Crippen molar-refractivity contribution < 1.29 is 4.74 Å². The molecule has 0 aromatic carbocycles. The van der Waals surface area contributed by atoms with E-state index in [1.54, 1.807) is 0 Å². The molecule has 2 atom stereocenters. The Bertz CT molecular complexity index is 279. The van der Waals surface area contributed by atoms with Crippen LogP contribution in [0.4, 0.5) is 5.69 Å². The molecular formula is C11H16N2O. The highest BCUT2D eigenvalue weighted by Gasteiger charge is 2.21. The fourth-order valence-corrected chi connectivity index (χ4v) is 1.94. The summed E-state index contributed by atoms with van der Waals surface area (Å²) in [6.45, 7) is 6.16. The zero-order chi connectivity index (χ0) is 9.97. The zero-order valence-electron chi connectivity index (χ0n) is 8.68. The van der Waals surface area contributed by atoms with Gasteiger partial charge in [0.25, 0.3) is 0 Å². The summed E-state index contributed by atoms with van der Waals surface area (Å²) in [6.07, 6.45) is 4.29. The molecule has 1 fully saturated rings. The first-order valence-corrected chi connectivity index (χ1v) is 5.06. The highest BCUT2D eigenvalue weighted by atomic mass is 16.5. The highest BCUT2D eigenvalue weighted by Crippen LogP contribution is 2.18. The number of hydrogen-bond donors (Lipinski definition) is 0. The molecule has 1 saturated heterocycles. The van der Waals surface area contributed by atoms with Crippen molar-refractivity contribution in [1.29, 1.82) is 0 Å². The van der Waals surface area contributed by atoms with Crippen molar-refractivity contribution in [3.63, 3.8) is 0 Å². The molecule has 1 aliphatic heterocycles. The number of aromatic nitrogens is 1. The normalized spacial score (nSPS) is 27.7. The lowest BCUT2D eigenvalue weighted by atomic mass is 10.2. The molecule has 0 unspecified atom stereocenters. The molecule has 0 amide bonds. The molecule has 1 aromatic heterocycles. The SMILES string of the molecule is C[C@@H]1CN(c2ccncc2)C[C@H](C)O1. The standard InChI is InChI=1S/C11H16N2O/c1-9-7-13(8-10(2)14-9)11-3-5-12-6-4-11/h3-6,9-10H,7-8H2,1-2H3/t9-,10+. The topological polar surface area (TPSA) is 25.4 Å². The molecule has 0 radical (unpaired) electrons. The Hall–Kier alpha value is -1.09. The third-order valence-electron chi connectivity index (χ3n) is 2.45. The van der Waals surface area contributed by atoms with Crippen LogP contribution in [0.2, 0.25) is 0 Å². The number of rotatable bonds is 1. The fraction of sp³-hybridized carbons (Fsp3) is 0.545. The maximum Gasteiger partial charge on any atom is 0.0726 e. The second kappa shape index (κ2) is 3.96. The van der Waals surface area contributed by atoms with E-state index >= 15 is 0 Å². The first kappa shape index (κ1) is 9.46. The average molecular weight is 192 g/mol. The summed E-state index contributed by atoms with van der Waals surface area (Å²) in [6, 6.07) is 4.09. The zero-order valence-corrected chi connectivity index (χ0v) is 8.68. The van der Waals surface area contributed by atoms with Crippen LogP contribution in [0.25, 0.3) is 0 Å². The predicted octanol–water partition coefficient (Wildman–Crippen LogP) is 1.70. The van der Waals surface area contributed by atoms with Crippen LogP contribution in [-0.4, -0.2) is 30.3 Å². The van der Waals surface area contributed by atoms with Crippen LogP contribution in [0.5, 0.6) is 0 Å². The van der Waals surface area contributed by atoms with Gasteiger partial charge in [-0.3, -0.25) is 4.98 Å². The summed E-state index contributed by atoms with van der Waals surface area (Å²) < 4.78 is 5.68. The Morgan fingerprint density at radius 3 is 2.36 bits per heavy atom. The van der Waals surface area contributed by atoms with Crippen LogP contribution in [-0.2, 0) is 4.74 Å². The van der Waals surface area contributed by atoms with Gasteiger partial charge in [-0.25, -0.2) is 0 Å². The molecule has 0 aliphatic carbocycles. The Kier molecular flexibility index (Phi) is 2.68. The quantitative estimate of drug-likeness (QED) is 0.677. The van der Waals surface area contributed by atoms with Crippen molar-refractivity contribution in [1.82, 2.24) is 4.98 Å². The number of morpholine rings is 1. The van der Waals surface area contributed by atoms with E-state index in [4.69, 9.17) is 4.74 Å². The van der Waals surface area contributed by atoms with Crippen LogP contribution >= 0.6 is 0 Å². The smallest absolute Gasteiger partial charge is 0.0726 e. The molecule has 3 heteroatoms. The van der Waals surface area contributed by atoms with Gasteiger partial charge in [-0.15, -0.1) is 0 Å². The minimum absolute atomic E-state index is 0.312. The molecule has 2 heterocycles. The second-order valence-corrected chi connectivity index (χ2v) is 3.87. The summed E-state index contributed by atoms with van der Waals surface area (Å²) in [5.74, 6) is 0. The van der Waals surface area contributed by atoms with Crippen molar-refractivity contribution in [3.8, 4) is 0 Å². The van der Waals surface area contributed by atoms with Crippen molar-refractivity contribution in [2.75, 3.05) is 18.0 Å². The van der Waals surface area contributed by atoms with Gasteiger partial charge in [-0.05, 0) is 26.0 Å². The van der Waals surface area contributed by atoms with Crippen molar-refractivity contribution in [2.24, 2.45) is 0 Å². The number of anilines is 1. The average Bonchev–Trinajstić information content (AvgIpc) is 2.18. The van der Waals surface area contributed by atoms with Crippen molar-refractivity contribution in [3.05, 3.63) is 24.5 Å². The largest absolute Gasteiger partial charge is 0.372 e. The maximum absolute atomic E-state index is 5.68. The molecule has 0 saturated carbocycles. The van der Waals surface area contributed by atoms with Gasteiger partial charge in [0.2, 0.25) is 0 Å². The van der Waals surface area contributed by atoms with Gasteiger partial charge in [0.1, 0.15) is 0 Å². The Morgan fingerprint density at radius 2 is 1.79 bits per heavy atom. The van der Waals surface area contributed by atoms with E-state index < -0.39 is 0 Å². The molecule has 14 heavy (non-hydrogen) atoms. The number of ether oxygens (including phenoxy) is 1. The van der Waals surface area contributed by atoms with Gasteiger partial charge in [0.05, 0.1) is 12.2 Å². The first-order valence-electron chi connectivity index (χ1n) is 5.06. The first-order chi connectivity index (χ1) is 6.75. The Balaban J connectivity index is 2.11. The van der Waals surface area contributed by atoms with E-state index in [0.29, 0.717) is 12.2 Å². The molecule has 76 valence electrons. The van der Waals surface area contributed by atoms with Crippen molar-refractivity contribution in [2.45, 2.75) is 26.1 Å². The van der Waals surface area contributed by atoms with Crippen LogP contribution in [0.1, 0.15) is 13.8 Å². The predicted molar refractivity (Wildman–Crippen MR) is 56.5 cm³/mol. The monoisotopic (exact) mass is 192 g/mol. The summed E-state index contributed by atoms with van der Waals surface area (Å²) in [7, 11) is 0. The van der Waals surface area contributed by atoms with Gasteiger partial charge in [0, 0.05) is 31.2 Å². The summed E-state index contributed by atoms with van der Waals surface area (Å²) >= 11 is 0. The van der Waals surface area contributed by atoms with Crippen molar-refractivity contribution >= 4 is 5.69 Å². The van der Waals surface area contributed by atoms with E-state index in [1.807, 2.05) is 24.5 Å². The van der Waals surface area contributed by atoms with Crippen LogP contribution in [0.15, 0.2) is 24.5 Å². The van der Waals surface area contributed by atoms with E-state index in [9.17, 15) is 0 Å². The molecule has 2 rings (SSSR count). The lowest BCUT2D eigenvalue weighted by Crippen LogP contribution is -2.45. The van der Waals surface area contributed by atoms with E-state index in [2.05, 4.69) is 23.7 Å². The van der Waals surface area contributed by atoms with Crippen LogP contribution in [0.3, 0.4) is 0 Å². The number of pyridine rings is 1. The third-order valence-corrected chi connectivity index (χ3v) is 2.45. The molecule has 1 aliphatic rings. The van der Waals surface area contributed by atoms with Gasteiger partial charge < -0.3 is 9.64 Å². The lowest BCUT2D eigenvalue weighted by molar-refractivity contribution is -0.00522. The van der Waals surface area contributed by atoms with Gasteiger partial charge in [-0.2, -0.15) is 0 Å².